The number of anilines is 3. The molecule has 0 bridgehead atoms. The molecule has 5 rings (SSSR count). The highest BCUT2D eigenvalue weighted by Gasteiger charge is 2.16. The van der Waals surface area contributed by atoms with Crippen LogP contribution in [0.5, 0.6) is 0 Å². The van der Waals surface area contributed by atoms with E-state index >= 15 is 0 Å². The number of rotatable bonds is 7. The Morgan fingerprint density at radius 2 is 1.17 bits per heavy atom. The van der Waals surface area contributed by atoms with Gasteiger partial charge < -0.3 is 4.90 Å². The standard InChI is InChI=1S/C33H27NS/c1-26-10-5-7-15-32(26)34(30-12-3-2-4-13-30)33-16-8-6-11-29(33)23-21-27-17-19-28(20-18-27)22-24-31-14-9-25-35-31/h2-25H,1H3. The summed E-state index contributed by atoms with van der Waals surface area (Å²) >= 11 is 1.75. The second kappa shape index (κ2) is 10.9. The molecular formula is C33H27NS. The third kappa shape index (κ3) is 5.51. The molecule has 0 aliphatic carbocycles. The predicted molar refractivity (Wildman–Crippen MR) is 154 cm³/mol. The molecule has 0 saturated carbocycles. The molecule has 2 heteroatoms. The monoisotopic (exact) mass is 469 g/mol. The van der Waals surface area contributed by atoms with Crippen LogP contribution in [-0.2, 0) is 0 Å². The number of nitrogens with zero attached hydrogens (tertiary/aromatic N) is 1. The molecule has 0 fully saturated rings. The average Bonchev–Trinajstić information content (AvgIpc) is 3.43. The Balaban J connectivity index is 1.46. The summed E-state index contributed by atoms with van der Waals surface area (Å²) in [4.78, 5) is 3.61. The summed E-state index contributed by atoms with van der Waals surface area (Å²) in [7, 11) is 0. The van der Waals surface area contributed by atoms with Crippen LogP contribution in [0.3, 0.4) is 0 Å². The minimum absolute atomic E-state index is 1.14. The van der Waals surface area contributed by atoms with E-state index in [0.29, 0.717) is 0 Å². The zero-order chi connectivity index (χ0) is 23.9. The highest BCUT2D eigenvalue weighted by Crippen LogP contribution is 2.38. The highest BCUT2D eigenvalue weighted by atomic mass is 32.1. The third-order valence-electron chi connectivity index (χ3n) is 5.92. The van der Waals surface area contributed by atoms with Crippen LogP contribution in [0.4, 0.5) is 17.1 Å². The molecule has 0 atom stereocenters. The van der Waals surface area contributed by atoms with Crippen molar-refractivity contribution in [1.82, 2.24) is 0 Å². The third-order valence-corrected chi connectivity index (χ3v) is 6.76. The number of aryl methyl sites for hydroxylation is 1. The lowest BCUT2D eigenvalue weighted by Crippen LogP contribution is -2.12. The zero-order valence-corrected chi connectivity index (χ0v) is 20.5. The van der Waals surface area contributed by atoms with E-state index in [4.69, 9.17) is 0 Å². The lowest BCUT2D eigenvalue weighted by atomic mass is 10.1. The van der Waals surface area contributed by atoms with Crippen molar-refractivity contribution in [3.8, 4) is 0 Å². The van der Waals surface area contributed by atoms with E-state index in [1.165, 1.54) is 32.8 Å². The molecule has 0 radical (unpaired) electrons. The first kappa shape index (κ1) is 22.6. The van der Waals surface area contributed by atoms with Gasteiger partial charge in [-0.15, -0.1) is 11.3 Å². The maximum absolute atomic E-state index is 2.34. The first-order valence-corrected chi connectivity index (χ1v) is 12.7. The molecule has 0 amide bonds. The Morgan fingerprint density at radius 3 is 1.86 bits per heavy atom. The average molecular weight is 470 g/mol. The van der Waals surface area contributed by atoms with Crippen molar-refractivity contribution in [2.75, 3.05) is 4.90 Å². The van der Waals surface area contributed by atoms with Crippen LogP contribution in [0.15, 0.2) is 121 Å². The van der Waals surface area contributed by atoms with Crippen molar-refractivity contribution >= 4 is 52.7 Å². The summed E-state index contributed by atoms with van der Waals surface area (Å²) in [6.45, 7) is 2.16. The summed E-state index contributed by atoms with van der Waals surface area (Å²) in [5, 5.41) is 2.10. The minimum atomic E-state index is 1.14. The van der Waals surface area contributed by atoms with Gasteiger partial charge in [0, 0.05) is 16.3 Å². The molecule has 0 spiro atoms. The van der Waals surface area contributed by atoms with E-state index in [9.17, 15) is 0 Å². The highest BCUT2D eigenvalue weighted by molar-refractivity contribution is 7.10. The fourth-order valence-corrected chi connectivity index (χ4v) is 4.72. The summed E-state index contributed by atoms with van der Waals surface area (Å²) in [5.41, 5.74) is 8.26. The molecule has 0 unspecified atom stereocenters. The van der Waals surface area contributed by atoms with E-state index in [0.717, 1.165) is 11.4 Å². The van der Waals surface area contributed by atoms with Gasteiger partial charge in [-0.2, -0.15) is 0 Å². The van der Waals surface area contributed by atoms with Crippen molar-refractivity contribution in [2.45, 2.75) is 6.92 Å². The Morgan fingerprint density at radius 1 is 0.543 bits per heavy atom. The lowest BCUT2D eigenvalue weighted by molar-refractivity contribution is 1.25. The van der Waals surface area contributed by atoms with Gasteiger partial charge in [0.25, 0.3) is 0 Å². The zero-order valence-electron chi connectivity index (χ0n) is 19.7. The Labute approximate surface area is 212 Å². The second-order valence-electron chi connectivity index (χ2n) is 8.37. The van der Waals surface area contributed by atoms with Crippen molar-refractivity contribution in [2.24, 2.45) is 0 Å². The summed E-state index contributed by atoms with van der Waals surface area (Å²) in [5.74, 6) is 0. The lowest BCUT2D eigenvalue weighted by Gasteiger charge is -2.28. The molecule has 1 nitrogen and oxygen atoms in total. The Hall–Kier alpha value is -4.14. The normalized spacial score (nSPS) is 11.3. The predicted octanol–water partition coefficient (Wildman–Crippen LogP) is 9.87. The summed E-state index contributed by atoms with van der Waals surface area (Å²) in [6.07, 6.45) is 8.72. The quantitative estimate of drug-likeness (QED) is 0.214. The number of hydrogen-bond donors (Lipinski definition) is 0. The number of thiophene rings is 1. The molecule has 0 aliphatic rings. The molecule has 5 aromatic rings. The maximum atomic E-state index is 2.34. The largest absolute Gasteiger partial charge is 0.310 e. The van der Waals surface area contributed by atoms with Gasteiger partial charge in [0.05, 0.1) is 5.69 Å². The van der Waals surface area contributed by atoms with E-state index in [1.807, 2.05) is 0 Å². The van der Waals surface area contributed by atoms with E-state index in [2.05, 4.69) is 157 Å². The molecule has 1 heterocycles. The number of para-hydroxylation sites is 3. The van der Waals surface area contributed by atoms with E-state index in [1.54, 1.807) is 11.3 Å². The molecule has 0 saturated heterocycles. The van der Waals surface area contributed by atoms with Crippen molar-refractivity contribution in [1.29, 1.82) is 0 Å². The van der Waals surface area contributed by atoms with Crippen LogP contribution in [0, 0.1) is 6.92 Å². The van der Waals surface area contributed by atoms with Gasteiger partial charge in [0.15, 0.2) is 0 Å². The van der Waals surface area contributed by atoms with Crippen molar-refractivity contribution < 1.29 is 0 Å². The van der Waals surface area contributed by atoms with Gasteiger partial charge in [0.2, 0.25) is 0 Å². The number of hydrogen-bond acceptors (Lipinski definition) is 2. The second-order valence-corrected chi connectivity index (χ2v) is 9.34. The fraction of sp³-hybridized carbons (Fsp3) is 0.0303. The first-order chi connectivity index (χ1) is 17.3. The summed E-state index contributed by atoms with van der Waals surface area (Å²) in [6, 6.07) is 40.6. The van der Waals surface area contributed by atoms with Gasteiger partial charge in [-0.05, 0) is 71.0 Å². The maximum Gasteiger partial charge on any atom is 0.0534 e. The Kier molecular flexibility index (Phi) is 7.02. The van der Waals surface area contributed by atoms with Crippen LogP contribution in [0.25, 0.3) is 24.3 Å². The molecule has 0 N–H and O–H groups in total. The Bertz CT molecular complexity index is 1430. The van der Waals surface area contributed by atoms with Gasteiger partial charge in [0.1, 0.15) is 0 Å². The van der Waals surface area contributed by atoms with Crippen LogP contribution >= 0.6 is 11.3 Å². The van der Waals surface area contributed by atoms with Crippen LogP contribution in [-0.4, -0.2) is 0 Å². The van der Waals surface area contributed by atoms with E-state index < -0.39 is 0 Å². The van der Waals surface area contributed by atoms with Gasteiger partial charge in [-0.3, -0.25) is 0 Å². The van der Waals surface area contributed by atoms with Gasteiger partial charge >= 0.3 is 0 Å². The van der Waals surface area contributed by atoms with Crippen molar-refractivity contribution in [3.63, 3.8) is 0 Å². The number of benzene rings is 4. The van der Waals surface area contributed by atoms with Gasteiger partial charge in [-0.1, -0.05) is 103 Å². The SMILES string of the molecule is Cc1ccccc1N(c1ccccc1)c1ccccc1C=Cc1ccc(C=Cc2cccs2)cc1. The molecular weight excluding hydrogens is 442 g/mol. The summed E-state index contributed by atoms with van der Waals surface area (Å²) < 4.78 is 0. The van der Waals surface area contributed by atoms with Gasteiger partial charge in [-0.25, -0.2) is 0 Å². The molecule has 4 aromatic carbocycles. The van der Waals surface area contributed by atoms with Crippen LogP contribution < -0.4 is 4.90 Å². The molecule has 0 aliphatic heterocycles. The van der Waals surface area contributed by atoms with Crippen LogP contribution in [0.1, 0.15) is 27.1 Å². The van der Waals surface area contributed by atoms with Crippen molar-refractivity contribution in [3.05, 3.63) is 148 Å². The topological polar surface area (TPSA) is 3.24 Å². The van der Waals surface area contributed by atoms with Crippen LogP contribution in [0.2, 0.25) is 0 Å². The smallest absolute Gasteiger partial charge is 0.0534 e. The fourth-order valence-electron chi connectivity index (χ4n) is 4.10. The minimum Gasteiger partial charge on any atom is -0.310 e. The first-order valence-electron chi connectivity index (χ1n) is 11.8. The van der Waals surface area contributed by atoms with E-state index in [-0.39, 0.29) is 0 Å². The molecule has 35 heavy (non-hydrogen) atoms. The molecule has 170 valence electrons. The molecule has 1 aromatic heterocycles.